The van der Waals surface area contributed by atoms with Gasteiger partial charge in [-0.1, -0.05) is 6.07 Å². The van der Waals surface area contributed by atoms with Crippen molar-refractivity contribution in [3.8, 4) is 0 Å². The monoisotopic (exact) mass is 204 g/mol. The zero-order chi connectivity index (χ0) is 10.8. The van der Waals surface area contributed by atoms with Crippen LogP contribution in [0.25, 0.3) is 10.9 Å². The van der Waals surface area contributed by atoms with Gasteiger partial charge in [0.1, 0.15) is 0 Å². The maximum atomic E-state index is 5.63. The third kappa shape index (κ3) is 1.76. The molecule has 0 saturated carbocycles. The molecule has 80 valence electrons. The van der Waals surface area contributed by atoms with Crippen LogP contribution in [0.1, 0.15) is 11.1 Å². The molecule has 2 N–H and O–H groups in total. The van der Waals surface area contributed by atoms with Crippen LogP contribution in [0.4, 0.5) is 0 Å². The van der Waals surface area contributed by atoms with Crippen molar-refractivity contribution in [2.24, 2.45) is 12.8 Å². The van der Waals surface area contributed by atoms with Crippen LogP contribution in [0.3, 0.4) is 0 Å². The van der Waals surface area contributed by atoms with E-state index in [1.807, 2.05) is 7.05 Å². The summed E-state index contributed by atoms with van der Waals surface area (Å²) in [6, 6.07) is 6.32. The van der Waals surface area contributed by atoms with Gasteiger partial charge in [-0.05, 0) is 17.7 Å². The van der Waals surface area contributed by atoms with Crippen molar-refractivity contribution < 1.29 is 4.74 Å². The minimum absolute atomic E-state index is 0.581. The molecule has 0 aliphatic carbocycles. The van der Waals surface area contributed by atoms with Crippen molar-refractivity contribution in [2.45, 2.75) is 13.2 Å². The highest BCUT2D eigenvalue weighted by Gasteiger charge is 2.06. The molecule has 1 aromatic heterocycles. The summed E-state index contributed by atoms with van der Waals surface area (Å²) in [5.74, 6) is 0. The molecule has 1 aromatic carbocycles. The van der Waals surface area contributed by atoms with Crippen LogP contribution in [0, 0.1) is 0 Å². The molecule has 0 fully saturated rings. The highest BCUT2D eigenvalue weighted by atomic mass is 16.5. The number of benzene rings is 1. The largest absolute Gasteiger partial charge is 0.380 e. The average molecular weight is 204 g/mol. The van der Waals surface area contributed by atoms with Gasteiger partial charge in [0.05, 0.1) is 6.61 Å². The molecule has 1 heterocycles. The summed E-state index contributed by atoms with van der Waals surface area (Å²) in [7, 11) is 3.76. The van der Waals surface area contributed by atoms with Crippen LogP contribution in [-0.4, -0.2) is 11.7 Å². The molecule has 0 atom stereocenters. The SMILES string of the molecule is COCc1cn(C)c2ccc(CN)cc12. The van der Waals surface area contributed by atoms with Gasteiger partial charge in [0, 0.05) is 43.4 Å². The highest BCUT2D eigenvalue weighted by molar-refractivity contribution is 5.84. The maximum absolute atomic E-state index is 5.63. The van der Waals surface area contributed by atoms with Gasteiger partial charge < -0.3 is 15.0 Å². The first-order valence-electron chi connectivity index (χ1n) is 5.02. The summed E-state index contributed by atoms with van der Waals surface area (Å²) < 4.78 is 7.29. The van der Waals surface area contributed by atoms with E-state index in [4.69, 9.17) is 10.5 Å². The fourth-order valence-corrected chi connectivity index (χ4v) is 1.92. The number of methoxy groups -OCH3 is 1. The van der Waals surface area contributed by atoms with Crippen LogP contribution < -0.4 is 5.73 Å². The number of aryl methyl sites for hydroxylation is 1. The topological polar surface area (TPSA) is 40.2 Å². The summed E-state index contributed by atoms with van der Waals surface area (Å²) in [6.07, 6.45) is 2.11. The first kappa shape index (κ1) is 10.2. The van der Waals surface area contributed by atoms with Crippen LogP contribution in [0.15, 0.2) is 24.4 Å². The minimum Gasteiger partial charge on any atom is -0.380 e. The molecule has 15 heavy (non-hydrogen) atoms. The van der Waals surface area contributed by atoms with Gasteiger partial charge in [0.15, 0.2) is 0 Å². The molecular weight excluding hydrogens is 188 g/mol. The molecular formula is C12H16N2O. The van der Waals surface area contributed by atoms with Crippen LogP contribution in [0.5, 0.6) is 0 Å². The van der Waals surface area contributed by atoms with E-state index in [2.05, 4.69) is 29.0 Å². The maximum Gasteiger partial charge on any atom is 0.0733 e. The Kier molecular flexibility index (Phi) is 2.75. The van der Waals surface area contributed by atoms with Crippen LogP contribution >= 0.6 is 0 Å². The lowest BCUT2D eigenvalue weighted by molar-refractivity contribution is 0.186. The Morgan fingerprint density at radius 3 is 2.87 bits per heavy atom. The average Bonchev–Trinajstić information content (AvgIpc) is 2.56. The molecule has 0 spiro atoms. The zero-order valence-corrected chi connectivity index (χ0v) is 9.16. The van der Waals surface area contributed by atoms with E-state index < -0.39 is 0 Å². The Hall–Kier alpha value is -1.32. The number of fused-ring (bicyclic) bond motifs is 1. The van der Waals surface area contributed by atoms with E-state index in [0.29, 0.717) is 13.2 Å². The molecule has 2 aromatic rings. The summed E-state index contributed by atoms with van der Waals surface area (Å²) in [5, 5.41) is 1.24. The standard InChI is InChI=1S/C12H16N2O/c1-14-7-10(8-15-2)11-5-9(6-13)3-4-12(11)14/h3-5,7H,6,8,13H2,1-2H3. The van der Waals surface area contributed by atoms with Crippen molar-refractivity contribution in [3.05, 3.63) is 35.5 Å². The lowest BCUT2D eigenvalue weighted by Crippen LogP contribution is -1.95. The summed E-state index contributed by atoms with van der Waals surface area (Å²) in [4.78, 5) is 0. The van der Waals surface area contributed by atoms with Gasteiger partial charge in [-0.2, -0.15) is 0 Å². The highest BCUT2D eigenvalue weighted by Crippen LogP contribution is 2.22. The number of nitrogens with zero attached hydrogens (tertiary/aromatic N) is 1. The fourth-order valence-electron chi connectivity index (χ4n) is 1.92. The van der Waals surface area contributed by atoms with Gasteiger partial charge in [0.2, 0.25) is 0 Å². The smallest absolute Gasteiger partial charge is 0.0733 e. The first-order valence-corrected chi connectivity index (χ1v) is 5.02. The zero-order valence-electron chi connectivity index (χ0n) is 9.16. The van der Waals surface area contributed by atoms with Gasteiger partial charge >= 0.3 is 0 Å². The summed E-state index contributed by atoms with van der Waals surface area (Å²) in [5.41, 5.74) is 9.23. The predicted molar refractivity (Wildman–Crippen MR) is 61.5 cm³/mol. The van der Waals surface area contributed by atoms with Gasteiger partial charge in [-0.25, -0.2) is 0 Å². The second-order valence-electron chi connectivity index (χ2n) is 3.75. The molecule has 2 rings (SSSR count). The summed E-state index contributed by atoms with van der Waals surface area (Å²) in [6.45, 7) is 1.22. The van der Waals surface area contributed by atoms with Crippen molar-refractivity contribution >= 4 is 10.9 Å². The number of ether oxygens (including phenoxy) is 1. The van der Waals surface area contributed by atoms with Crippen LogP contribution in [-0.2, 0) is 24.9 Å². The summed E-state index contributed by atoms with van der Waals surface area (Å²) >= 11 is 0. The Labute approximate surface area is 89.4 Å². The predicted octanol–water partition coefficient (Wildman–Crippen LogP) is 1.78. The molecule has 0 aliphatic rings. The Morgan fingerprint density at radius 2 is 2.20 bits per heavy atom. The third-order valence-electron chi connectivity index (χ3n) is 2.67. The molecule has 0 aliphatic heterocycles. The molecule has 0 unspecified atom stereocenters. The lowest BCUT2D eigenvalue weighted by atomic mass is 10.1. The van der Waals surface area contributed by atoms with E-state index in [1.165, 1.54) is 16.5 Å². The Balaban J connectivity index is 2.60. The van der Waals surface area contributed by atoms with Crippen molar-refractivity contribution in [2.75, 3.05) is 7.11 Å². The van der Waals surface area contributed by atoms with Gasteiger partial charge in [-0.15, -0.1) is 0 Å². The molecule has 0 saturated heterocycles. The molecule has 3 heteroatoms. The van der Waals surface area contributed by atoms with Gasteiger partial charge in [-0.3, -0.25) is 0 Å². The van der Waals surface area contributed by atoms with E-state index in [-0.39, 0.29) is 0 Å². The van der Waals surface area contributed by atoms with E-state index in [0.717, 1.165) is 5.56 Å². The number of aromatic nitrogens is 1. The normalized spacial score (nSPS) is 11.1. The van der Waals surface area contributed by atoms with E-state index in [9.17, 15) is 0 Å². The Morgan fingerprint density at radius 1 is 1.40 bits per heavy atom. The van der Waals surface area contributed by atoms with Crippen LogP contribution in [0.2, 0.25) is 0 Å². The minimum atomic E-state index is 0.581. The number of nitrogens with two attached hydrogens (primary N) is 1. The molecule has 0 amide bonds. The number of hydrogen-bond acceptors (Lipinski definition) is 2. The second-order valence-corrected chi connectivity index (χ2v) is 3.75. The van der Waals surface area contributed by atoms with Crippen molar-refractivity contribution in [3.63, 3.8) is 0 Å². The molecule has 3 nitrogen and oxygen atoms in total. The quantitative estimate of drug-likeness (QED) is 0.828. The first-order chi connectivity index (χ1) is 7.26. The van der Waals surface area contributed by atoms with Gasteiger partial charge in [0.25, 0.3) is 0 Å². The van der Waals surface area contributed by atoms with E-state index >= 15 is 0 Å². The van der Waals surface area contributed by atoms with E-state index in [1.54, 1.807) is 7.11 Å². The fraction of sp³-hybridized carbons (Fsp3) is 0.333. The van der Waals surface area contributed by atoms with Crippen molar-refractivity contribution in [1.82, 2.24) is 4.57 Å². The number of hydrogen-bond donors (Lipinski definition) is 1. The Bertz CT molecular complexity index is 474. The number of rotatable bonds is 3. The molecule has 0 radical (unpaired) electrons. The van der Waals surface area contributed by atoms with Crippen molar-refractivity contribution in [1.29, 1.82) is 0 Å². The lowest BCUT2D eigenvalue weighted by Gasteiger charge is -2.00. The third-order valence-corrected chi connectivity index (χ3v) is 2.67. The second kappa shape index (κ2) is 4.04. The molecule has 0 bridgehead atoms.